The van der Waals surface area contributed by atoms with Gasteiger partial charge in [0.15, 0.2) is 0 Å². The summed E-state index contributed by atoms with van der Waals surface area (Å²) in [6.45, 7) is 13.3. The zero-order valence-corrected chi connectivity index (χ0v) is 22.5. The molecule has 0 aliphatic carbocycles. The van der Waals surface area contributed by atoms with E-state index in [0.29, 0.717) is 23.7 Å². The zero-order chi connectivity index (χ0) is 19.2. The number of carbonyl (C=O) groups is 2. The van der Waals surface area contributed by atoms with Gasteiger partial charge >= 0.3 is 31.4 Å². The molecule has 0 unspecified atom stereocenters. The van der Waals surface area contributed by atoms with Gasteiger partial charge in [-0.25, -0.2) is 0 Å². The van der Waals surface area contributed by atoms with Gasteiger partial charge in [0, 0.05) is 12.8 Å². The van der Waals surface area contributed by atoms with Gasteiger partial charge in [0.05, 0.1) is 0 Å². The molecular formula is C22H46O4Zn. The second kappa shape index (κ2) is 20.3. The van der Waals surface area contributed by atoms with Crippen molar-refractivity contribution in [3.05, 3.63) is 14.9 Å². The van der Waals surface area contributed by atoms with Gasteiger partial charge in [-0.15, -0.1) is 0 Å². The van der Waals surface area contributed by atoms with Gasteiger partial charge in [-0.2, -0.15) is 0 Å². The van der Waals surface area contributed by atoms with Crippen LogP contribution in [0.5, 0.6) is 0 Å². The van der Waals surface area contributed by atoms with E-state index >= 15 is 0 Å². The summed E-state index contributed by atoms with van der Waals surface area (Å²) < 4.78 is 0. The standard InChI is InChI=1S/2C10H20O2.2CH3.Zn/c2*1-10(2,3)8-6-4-5-7-9(11)12;;;/h2*4-8H2,1-3H3,(H,11,12);2*1H3;/q;;2*-1;+2. The van der Waals surface area contributed by atoms with E-state index in [0.717, 1.165) is 38.5 Å². The summed E-state index contributed by atoms with van der Waals surface area (Å²) in [5.41, 5.74) is 0.784. The van der Waals surface area contributed by atoms with E-state index in [9.17, 15) is 9.59 Å². The van der Waals surface area contributed by atoms with Crippen LogP contribution in [-0.4, -0.2) is 22.2 Å². The molecule has 4 nitrogen and oxygen atoms in total. The fourth-order valence-electron chi connectivity index (χ4n) is 2.22. The number of carboxylic acids is 2. The molecule has 0 atom stereocenters. The Morgan fingerprint density at radius 3 is 1.04 bits per heavy atom. The van der Waals surface area contributed by atoms with Gasteiger partial charge in [0.1, 0.15) is 0 Å². The summed E-state index contributed by atoms with van der Waals surface area (Å²) >= 11 is 0. The quantitative estimate of drug-likeness (QED) is 0.217. The number of rotatable bonds is 10. The second-order valence-electron chi connectivity index (χ2n) is 9.03. The second-order valence-corrected chi connectivity index (χ2v) is 9.03. The molecule has 0 saturated heterocycles. The minimum Gasteiger partial charge on any atom is -0.481 e. The number of carboxylic acid groups (broad SMARTS) is 2. The van der Waals surface area contributed by atoms with Crippen LogP contribution < -0.4 is 0 Å². The van der Waals surface area contributed by atoms with Crippen molar-refractivity contribution in [2.24, 2.45) is 10.8 Å². The van der Waals surface area contributed by atoms with E-state index in [1.165, 1.54) is 12.8 Å². The summed E-state index contributed by atoms with van der Waals surface area (Å²) in [6.07, 6.45) is 9.06. The fraction of sp³-hybridized carbons (Fsp3) is 0.818. The average molecular weight is 440 g/mol. The maximum atomic E-state index is 10.2. The number of aliphatic carboxylic acids is 2. The smallest absolute Gasteiger partial charge is 0.481 e. The molecule has 0 rings (SSSR count). The molecule has 0 aromatic rings. The fourth-order valence-corrected chi connectivity index (χ4v) is 2.22. The Kier molecular flexibility index (Phi) is 28.1. The topological polar surface area (TPSA) is 74.6 Å². The molecule has 0 aromatic carbocycles. The minimum absolute atomic E-state index is 0. The predicted molar refractivity (Wildman–Crippen MR) is 113 cm³/mol. The molecule has 0 heterocycles. The molecule has 5 heteroatoms. The van der Waals surface area contributed by atoms with Crippen LogP contribution in [0.15, 0.2) is 0 Å². The molecule has 0 aliphatic heterocycles. The summed E-state index contributed by atoms with van der Waals surface area (Å²) in [6, 6.07) is 0. The molecule has 0 fully saturated rings. The SMILES string of the molecule is CC(C)(C)CCCCCC(=O)O.CC(C)(C)CCCCCC(=O)O.[CH3-].[CH3-].[Zn+2]. The van der Waals surface area contributed by atoms with Crippen LogP contribution >= 0.6 is 0 Å². The normalized spacial score (nSPS) is 10.3. The third-order valence-electron chi connectivity index (χ3n) is 3.63. The molecule has 2 N–H and O–H groups in total. The van der Waals surface area contributed by atoms with E-state index in [1.54, 1.807) is 0 Å². The van der Waals surface area contributed by atoms with Crippen LogP contribution in [0.1, 0.15) is 106 Å². The number of unbranched alkanes of at least 4 members (excludes halogenated alkanes) is 4. The molecule has 0 aromatic heterocycles. The van der Waals surface area contributed by atoms with E-state index in [-0.39, 0.29) is 34.3 Å². The van der Waals surface area contributed by atoms with Crippen molar-refractivity contribution in [3.63, 3.8) is 0 Å². The van der Waals surface area contributed by atoms with Crippen molar-refractivity contribution in [1.29, 1.82) is 0 Å². The first-order chi connectivity index (χ1) is 10.8. The van der Waals surface area contributed by atoms with Gasteiger partial charge in [-0.05, 0) is 36.5 Å². The third kappa shape index (κ3) is 46.0. The van der Waals surface area contributed by atoms with Crippen molar-refractivity contribution in [2.45, 2.75) is 106 Å². The van der Waals surface area contributed by atoms with Crippen LogP contribution in [-0.2, 0) is 29.1 Å². The van der Waals surface area contributed by atoms with Gasteiger partial charge in [0.2, 0.25) is 0 Å². The van der Waals surface area contributed by atoms with Gasteiger partial charge in [0.25, 0.3) is 0 Å². The number of hydrogen-bond acceptors (Lipinski definition) is 2. The van der Waals surface area contributed by atoms with E-state index in [4.69, 9.17) is 10.2 Å². The Balaban J connectivity index is -0.000000108. The Morgan fingerprint density at radius 1 is 0.593 bits per heavy atom. The molecular weight excluding hydrogens is 394 g/mol. The first kappa shape index (κ1) is 37.3. The molecule has 0 saturated carbocycles. The summed E-state index contributed by atoms with van der Waals surface area (Å²) in [5, 5.41) is 16.7. The van der Waals surface area contributed by atoms with Gasteiger partial charge in [-0.3, -0.25) is 9.59 Å². The zero-order valence-electron chi connectivity index (χ0n) is 19.5. The molecule has 0 bridgehead atoms. The molecule has 0 spiro atoms. The van der Waals surface area contributed by atoms with Gasteiger partial charge in [-0.1, -0.05) is 67.2 Å². The van der Waals surface area contributed by atoms with E-state index in [1.807, 2.05) is 0 Å². The molecule has 27 heavy (non-hydrogen) atoms. The van der Waals surface area contributed by atoms with Gasteiger partial charge < -0.3 is 25.1 Å². The minimum atomic E-state index is -0.675. The maximum Gasteiger partial charge on any atom is 2.00 e. The van der Waals surface area contributed by atoms with Crippen LogP contribution in [0.25, 0.3) is 0 Å². The van der Waals surface area contributed by atoms with Crippen LogP contribution in [0.4, 0.5) is 0 Å². The van der Waals surface area contributed by atoms with Crippen LogP contribution in [0.2, 0.25) is 0 Å². The average Bonchev–Trinajstić information content (AvgIpc) is 2.35. The van der Waals surface area contributed by atoms with Crippen molar-refractivity contribution >= 4 is 11.9 Å². The molecule has 0 aliphatic rings. The van der Waals surface area contributed by atoms with Crippen molar-refractivity contribution in [2.75, 3.05) is 0 Å². The monoisotopic (exact) mass is 438 g/mol. The van der Waals surface area contributed by atoms with Crippen molar-refractivity contribution in [3.8, 4) is 0 Å². The molecule has 0 amide bonds. The van der Waals surface area contributed by atoms with E-state index < -0.39 is 11.9 Å². The number of hydrogen-bond donors (Lipinski definition) is 2. The first-order valence-corrected chi connectivity index (χ1v) is 9.27. The third-order valence-corrected chi connectivity index (χ3v) is 3.63. The summed E-state index contributed by atoms with van der Waals surface area (Å²) in [4.78, 5) is 20.3. The Hall–Kier alpha value is -0.437. The molecule has 0 radical (unpaired) electrons. The summed E-state index contributed by atoms with van der Waals surface area (Å²) in [7, 11) is 0. The van der Waals surface area contributed by atoms with Crippen molar-refractivity contribution in [1.82, 2.24) is 0 Å². The van der Waals surface area contributed by atoms with Crippen LogP contribution in [0.3, 0.4) is 0 Å². The Labute approximate surface area is 182 Å². The van der Waals surface area contributed by atoms with E-state index in [2.05, 4.69) is 41.5 Å². The maximum absolute atomic E-state index is 10.2. The Morgan fingerprint density at radius 2 is 0.852 bits per heavy atom. The summed E-state index contributed by atoms with van der Waals surface area (Å²) in [5.74, 6) is -1.35. The first-order valence-electron chi connectivity index (χ1n) is 9.27. The van der Waals surface area contributed by atoms with Crippen molar-refractivity contribution < 1.29 is 39.3 Å². The molecule has 160 valence electrons. The largest absolute Gasteiger partial charge is 2.00 e. The van der Waals surface area contributed by atoms with Crippen LogP contribution in [0, 0.1) is 25.7 Å². The predicted octanol–water partition coefficient (Wildman–Crippen LogP) is 7.03. The Bertz CT molecular complexity index is 307.